The van der Waals surface area contributed by atoms with Crippen LogP contribution in [0, 0.1) is 0 Å². The van der Waals surface area contributed by atoms with Gasteiger partial charge in [0.1, 0.15) is 0 Å². The molecule has 1 aromatic carbocycles. The van der Waals surface area contributed by atoms with Crippen LogP contribution in [-0.4, -0.2) is 27.9 Å². The van der Waals surface area contributed by atoms with E-state index in [9.17, 15) is 43.2 Å². The van der Waals surface area contributed by atoms with Crippen LogP contribution in [0.3, 0.4) is 0 Å². The summed E-state index contributed by atoms with van der Waals surface area (Å²) in [6.45, 7) is 0. The summed E-state index contributed by atoms with van der Waals surface area (Å²) >= 11 is 0. The van der Waals surface area contributed by atoms with Crippen LogP contribution in [0.2, 0.25) is 0 Å². The summed E-state index contributed by atoms with van der Waals surface area (Å²) in [4.78, 5) is 0. The molecule has 0 saturated carbocycles. The van der Waals surface area contributed by atoms with Crippen LogP contribution in [0.1, 0.15) is 5.56 Å². The van der Waals surface area contributed by atoms with E-state index in [2.05, 4.69) is 0 Å². The quantitative estimate of drug-likeness (QED) is 0.580. The average molecular weight is 394 g/mol. The number of allylic oxidation sites excluding steroid dienone is 2. The van der Waals surface area contributed by atoms with Crippen LogP contribution in [0.4, 0.5) is 26.3 Å². The van der Waals surface area contributed by atoms with E-state index in [1.165, 1.54) is 24.3 Å². The molecule has 0 amide bonds. The molecule has 0 aromatic heterocycles. The van der Waals surface area contributed by atoms with E-state index in [1.54, 1.807) is 6.07 Å². The second-order valence-corrected chi connectivity index (χ2v) is 8.23. The maximum atomic E-state index is 12.5. The normalized spacial score (nSPS) is 13.9. The molecule has 0 heterocycles. The molecule has 0 aliphatic rings. The van der Waals surface area contributed by atoms with Gasteiger partial charge >= 0.3 is 11.0 Å². The van der Waals surface area contributed by atoms with Crippen LogP contribution in [0.15, 0.2) is 46.7 Å². The largest absolute Gasteiger partial charge is 0.502 e. The van der Waals surface area contributed by atoms with Crippen molar-refractivity contribution < 1.29 is 43.2 Å². The molecule has 0 radical (unpaired) electrons. The summed E-state index contributed by atoms with van der Waals surface area (Å²) in [5.41, 5.74) is -12.1. The molecule has 0 aliphatic heterocycles. The van der Waals surface area contributed by atoms with Crippen molar-refractivity contribution in [3.8, 4) is 0 Å². The topological polar surface area (TPSA) is 68.3 Å². The van der Waals surface area contributed by atoms with Gasteiger partial charge < -0.3 is 0 Å². The van der Waals surface area contributed by atoms with Crippen molar-refractivity contribution in [2.45, 2.75) is 11.0 Å². The Morgan fingerprint density at radius 1 is 0.792 bits per heavy atom. The van der Waals surface area contributed by atoms with Gasteiger partial charge in [-0.1, -0.05) is 42.5 Å². The van der Waals surface area contributed by atoms with Crippen LogP contribution in [-0.2, 0) is 19.7 Å². The number of benzene rings is 1. The first-order chi connectivity index (χ1) is 10.7. The molecule has 1 aromatic rings. The van der Waals surface area contributed by atoms with Gasteiger partial charge in [0.2, 0.25) is 0 Å². The Morgan fingerprint density at radius 2 is 1.21 bits per heavy atom. The van der Waals surface area contributed by atoms with Gasteiger partial charge in [-0.05, 0) is 11.6 Å². The molecule has 0 unspecified atom stereocenters. The molecule has 24 heavy (non-hydrogen) atoms. The SMILES string of the molecule is O=S(=O)(C(=C/C=C/c1ccccc1)S(=O)(=O)C(F)(F)F)C(F)(F)F. The summed E-state index contributed by atoms with van der Waals surface area (Å²) in [6, 6.07) is 7.36. The third-order valence-electron chi connectivity index (χ3n) is 2.46. The lowest BCUT2D eigenvalue weighted by Gasteiger charge is -2.13. The maximum absolute atomic E-state index is 12.5. The van der Waals surface area contributed by atoms with E-state index in [0.717, 1.165) is 6.08 Å². The minimum Gasteiger partial charge on any atom is -0.214 e. The summed E-state index contributed by atoms with van der Waals surface area (Å²) in [5, 5.41) is 0. The fraction of sp³-hybridized carbons (Fsp3) is 0.167. The molecule has 0 N–H and O–H groups in total. The van der Waals surface area contributed by atoms with E-state index in [0.29, 0.717) is 11.6 Å². The Labute approximate surface area is 132 Å². The van der Waals surface area contributed by atoms with Gasteiger partial charge in [0.25, 0.3) is 19.7 Å². The number of alkyl halides is 6. The predicted octanol–water partition coefficient (Wildman–Crippen LogP) is 3.41. The Balaban J connectivity index is 3.52. The van der Waals surface area contributed by atoms with Gasteiger partial charge in [-0.3, -0.25) is 0 Å². The van der Waals surface area contributed by atoms with Crippen molar-refractivity contribution in [3.63, 3.8) is 0 Å². The fourth-order valence-corrected chi connectivity index (χ4v) is 4.05. The van der Waals surface area contributed by atoms with E-state index in [4.69, 9.17) is 0 Å². The molecule has 4 nitrogen and oxygen atoms in total. The van der Waals surface area contributed by atoms with Crippen molar-refractivity contribution in [2.75, 3.05) is 0 Å². The molecule has 0 spiro atoms. The number of sulfone groups is 2. The first-order valence-electron chi connectivity index (χ1n) is 5.77. The van der Waals surface area contributed by atoms with Crippen molar-refractivity contribution in [1.82, 2.24) is 0 Å². The first-order valence-corrected chi connectivity index (χ1v) is 8.74. The van der Waals surface area contributed by atoms with Crippen molar-refractivity contribution in [3.05, 3.63) is 52.3 Å². The standard InChI is InChI=1S/C12H8F6O4S2/c13-11(14,15)23(19,20)10(24(21,22)12(16,17)18)8-4-7-9-5-2-1-3-6-9/h1-8H/b7-4+. The fourth-order valence-electron chi connectivity index (χ4n) is 1.35. The van der Waals surface area contributed by atoms with Gasteiger partial charge in [-0.25, -0.2) is 16.8 Å². The lowest BCUT2D eigenvalue weighted by Crippen LogP contribution is -2.34. The molecule has 0 fully saturated rings. The molecular formula is C12H8F6O4S2. The molecule has 0 aliphatic carbocycles. The van der Waals surface area contributed by atoms with Crippen molar-refractivity contribution in [2.24, 2.45) is 0 Å². The highest BCUT2D eigenvalue weighted by atomic mass is 32.3. The zero-order chi connectivity index (χ0) is 18.8. The smallest absolute Gasteiger partial charge is 0.214 e. The number of rotatable bonds is 4. The second-order valence-electron chi connectivity index (χ2n) is 4.15. The lowest BCUT2D eigenvalue weighted by molar-refractivity contribution is -0.0444. The highest BCUT2D eigenvalue weighted by Crippen LogP contribution is 2.38. The van der Waals surface area contributed by atoms with Gasteiger partial charge in [0.15, 0.2) is 4.24 Å². The second kappa shape index (κ2) is 6.59. The Morgan fingerprint density at radius 3 is 1.58 bits per heavy atom. The van der Waals surface area contributed by atoms with Crippen LogP contribution < -0.4 is 0 Å². The Hall–Kier alpha value is -1.82. The van der Waals surface area contributed by atoms with Crippen LogP contribution in [0.5, 0.6) is 0 Å². The third kappa shape index (κ3) is 4.17. The van der Waals surface area contributed by atoms with Gasteiger partial charge in [0, 0.05) is 0 Å². The highest BCUT2D eigenvalue weighted by molar-refractivity contribution is 8.15. The van der Waals surface area contributed by atoms with E-state index < -0.39 is 34.9 Å². The van der Waals surface area contributed by atoms with Gasteiger partial charge in [-0.2, -0.15) is 26.3 Å². The first kappa shape index (κ1) is 20.2. The molecule has 1 rings (SSSR count). The van der Waals surface area contributed by atoms with Crippen molar-refractivity contribution in [1.29, 1.82) is 0 Å². The summed E-state index contributed by atoms with van der Waals surface area (Å²) in [7, 11) is -13.5. The predicted molar refractivity (Wildman–Crippen MR) is 73.5 cm³/mol. The Kier molecular flexibility index (Phi) is 5.55. The van der Waals surface area contributed by atoms with E-state index in [1.807, 2.05) is 0 Å². The maximum Gasteiger partial charge on any atom is 0.502 e. The molecule has 0 bridgehead atoms. The summed E-state index contributed by atoms with van der Waals surface area (Å²) in [6.07, 6.45) is 1.16. The molecular weight excluding hydrogens is 386 g/mol. The minimum atomic E-state index is -6.73. The molecule has 12 heteroatoms. The Bertz CT molecular complexity index is 801. The zero-order valence-corrected chi connectivity index (χ0v) is 13.0. The number of hydrogen-bond donors (Lipinski definition) is 0. The van der Waals surface area contributed by atoms with E-state index in [-0.39, 0.29) is 6.08 Å². The average Bonchev–Trinajstić information content (AvgIpc) is 2.41. The third-order valence-corrected chi connectivity index (χ3v) is 6.33. The zero-order valence-electron chi connectivity index (χ0n) is 11.3. The van der Waals surface area contributed by atoms with E-state index >= 15 is 0 Å². The van der Waals surface area contributed by atoms with Gasteiger partial charge in [-0.15, -0.1) is 0 Å². The lowest BCUT2D eigenvalue weighted by atomic mass is 10.2. The monoisotopic (exact) mass is 394 g/mol. The van der Waals surface area contributed by atoms with Crippen LogP contribution >= 0.6 is 0 Å². The molecule has 0 saturated heterocycles. The number of hydrogen-bond acceptors (Lipinski definition) is 4. The summed E-state index contributed by atoms with van der Waals surface area (Å²) in [5.74, 6) is 0. The number of halogens is 6. The molecule has 0 atom stereocenters. The highest BCUT2D eigenvalue weighted by Gasteiger charge is 2.59. The minimum absolute atomic E-state index is 0.251. The van der Waals surface area contributed by atoms with Crippen LogP contribution in [0.25, 0.3) is 6.08 Å². The van der Waals surface area contributed by atoms with Gasteiger partial charge in [0.05, 0.1) is 0 Å². The molecule has 134 valence electrons. The van der Waals surface area contributed by atoms with Crippen molar-refractivity contribution >= 4 is 25.8 Å². The summed E-state index contributed by atoms with van der Waals surface area (Å²) < 4.78 is 117.